The first-order valence-electron chi connectivity index (χ1n) is 8.01. The first-order chi connectivity index (χ1) is 10.3. The average molecular weight is 436 g/mol. The first kappa shape index (κ1) is 19.7. The monoisotopic (exact) mass is 436 g/mol. The molecule has 2 heterocycles. The normalized spacial score (nSPS) is 19.5. The van der Waals surface area contributed by atoms with Crippen LogP contribution in [0.2, 0.25) is 0 Å². The average Bonchev–Trinajstić information content (AvgIpc) is 3.01. The van der Waals surface area contributed by atoms with E-state index in [4.69, 9.17) is 0 Å². The number of nitrogens with zero attached hydrogens (tertiary/aromatic N) is 2. The van der Waals surface area contributed by atoms with Gasteiger partial charge in [-0.05, 0) is 43.2 Å². The number of hydrogen-bond donors (Lipinski definition) is 2. The van der Waals surface area contributed by atoms with Gasteiger partial charge < -0.3 is 10.6 Å². The van der Waals surface area contributed by atoms with Gasteiger partial charge in [0, 0.05) is 38.1 Å². The fourth-order valence-corrected chi connectivity index (χ4v) is 3.54. The van der Waals surface area contributed by atoms with Crippen LogP contribution in [0.4, 0.5) is 0 Å². The molecule has 0 saturated carbocycles. The predicted molar refractivity (Wildman–Crippen MR) is 107 cm³/mol. The molecule has 0 radical (unpaired) electrons. The SMILES string of the molecule is CCCNC(=NC)NCC1CCCN(Cc2cccs2)C1.I. The van der Waals surface area contributed by atoms with E-state index in [0.717, 1.165) is 37.9 Å². The maximum absolute atomic E-state index is 4.27. The van der Waals surface area contributed by atoms with Gasteiger partial charge in [0.1, 0.15) is 0 Å². The second-order valence-electron chi connectivity index (χ2n) is 5.70. The summed E-state index contributed by atoms with van der Waals surface area (Å²) in [6.45, 7) is 7.70. The summed E-state index contributed by atoms with van der Waals surface area (Å²) in [5.41, 5.74) is 0. The Balaban J connectivity index is 0.00000242. The molecule has 0 amide bonds. The van der Waals surface area contributed by atoms with Gasteiger partial charge in [0.05, 0.1) is 0 Å². The molecule has 1 aliphatic rings. The van der Waals surface area contributed by atoms with Gasteiger partial charge in [0.15, 0.2) is 5.96 Å². The summed E-state index contributed by atoms with van der Waals surface area (Å²) in [7, 11) is 1.84. The number of aliphatic imine (C=N–C) groups is 1. The number of guanidine groups is 1. The van der Waals surface area contributed by atoms with E-state index in [9.17, 15) is 0 Å². The van der Waals surface area contributed by atoms with E-state index >= 15 is 0 Å². The zero-order chi connectivity index (χ0) is 14.9. The molecule has 1 aromatic rings. The number of nitrogens with one attached hydrogen (secondary N) is 2. The highest BCUT2D eigenvalue weighted by atomic mass is 127. The Morgan fingerprint density at radius 3 is 3.00 bits per heavy atom. The molecule has 1 saturated heterocycles. The molecule has 2 rings (SSSR count). The molecule has 1 aromatic heterocycles. The minimum absolute atomic E-state index is 0. The fraction of sp³-hybridized carbons (Fsp3) is 0.688. The topological polar surface area (TPSA) is 39.7 Å². The number of rotatable bonds is 6. The highest BCUT2D eigenvalue weighted by Crippen LogP contribution is 2.19. The number of halogens is 1. The van der Waals surface area contributed by atoms with E-state index in [1.165, 1.54) is 30.8 Å². The summed E-state index contributed by atoms with van der Waals surface area (Å²) < 4.78 is 0. The summed E-state index contributed by atoms with van der Waals surface area (Å²) in [4.78, 5) is 8.34. The van der Waals surface area contributed by atoms with Crippen molar-refractivity contribution in [3.8, 4) is 0 Å². The van der Waals surface area contributed by atoms with Crippen molar-refractivity contribution in [3.63, 3.8) is 0 Å². The van der Waals surface area contributed by atoms with Crippen molar-refractivity contribution >= 4 is 41.3 Å². The molecule has 1 aliphatic heterocycles. The molecule has 0 aromatic carbocycles. The molecule has 1 unspecified atom stereocenters. The van der Waals surface area contributed by atoms with Crippen LogP contribution in [0, 0.1) is 5.92 Å². The van der Waals surface area contributed by atoms with Crippen LogP contribution in [-0.4, -0.2) is 44.1 Å². The first-order valence-corrected chi connectivity index (χ1v) is 8.89. The second kappa shape index (κ2) is 11.2. The summed E-state index contributed by atoms with van der Waals surface area (Å²) in [5.74, 6) is 1.66. The predicted octanol–water partition coefficient (Wildman–Crippen LogP) is 3.15. The van der Waals surface area contributed by atoms with E-state index in [2.05, 4.69) is 45.0 Å². The van der Waals surface area contributed by atoms with Crippen LogP contribution in [-0.2, 0) is 6.54 Å². The lowest BCUT2D eigenvalue weighted by atomic mass is 9.98. The quantitative estimate of drug-likeness (QED) is 0.409. The fourth-order valence-electron chi connectivity index (χ4n) is 2.79. The number of hydrogen-bond acceptors (Lipinski definition) is 3. The van der Waals surface area contributed by atoms with Crippen LogP contribution in [0.15, 0.2) is 22.5 Å². The van der Waals surface area contributed by atoms with E-state index in [-0.39, 0.29) is 24.0 Å². The second-order valence-corrected chi connectivity index (χ2v) is 6.73. The molecule has 2 N–H and O–H groups in total. The van der Waals surface area contributed by atoms with Gasteiger partial charge in [-0.2, -0.15) is 0 Å². The Morgan fingerprint density at radius 2 is 2.32 bits per heavy atom. The summed E-state index contributed by atoms with van der Waals surface area (Å²) >= 11 is 1.86. The highest BCUT2D eigenvalue weighted by Gasteiger charge is 2.20. The Morgan fingerprint density at radius 1 is 1.45 bits per heavy atom. The van der Waals surface area contributed by atoms with Crippen molar-refractivity contribution in [2.45, 2.75) is 32.7 Å². The van der Waals surface area contributed by atoms with Crippen molar-refractivity contribution in [1.82, 2.24) is 15.5 Å². The van der Waals surface area contributed by atoms with Crippen LogP contribution < -0.4 is 10.6 Å². The third-order valence-corrected chi connectivity index (χ3v) is 4.75. The summed E-state index contributed by atoms with van der Waals surface area (Å²) in [6.07, 6.45) is 3.75. The Labute approximate surface area is 155 Å². The molecule has 0 bridgehead atoms. The lowest BCUT2D eigenvalue weighted by molar-refractivity contribution is 0.169. The molecule has 6 heteroatoms. The third kappa shape index (κ3) is 6.83. The molecule has 126 valence electrons. The number of thiophene rings is 1. The van der Waals surface area contributed by atoms with Gasteiger partial charge in [-0.1, -0.05) is 13.0 Å². The molecule has 22 heavy (non-hydrogen) atoms. The molecule has 0 spiro atoms. The zero-order valence-electron chi connectivity index (χ0n) is 13.7. The molecule has 1 fully saturated rings. The zero-order valence-corrected chi connectivity index (χ0v) is 16.8. The van der Waals surface area contributed by atoms with Gasteiger partial charge in [-0.15, -0.1) is 35.3 Å². The number of piperidine rings is 1. The Bertz CT molecular complexity index is 422. The molecular weight excluding hydrogens is 407 g/mol. The van der Waals surface area contributed by atoms with Gasteiger partial charge in [-0.25, -0.2) is 0 Å². The van der Waals surface area contributed by atoms with Crippen LogP contribution in [0.3, 0.4) is 0 Å². The summed E-state index contributed by atoms with van der Waals surface area (Å²) in [5, 5.41) is 8.97. The van der Waals surface area contributed by atoms with Gasteiger partial charge >= 0.3 is 0 Å². The minimum atomic E-state index is 0. The van der Waals surface area contributed by atoms with Crippen molar-refractivity contribution in [3.05, 3.63) is 22.4 Å². The van der Waals surface area contributed by atoms with Gasteiger partial charge in [0.25, 0.3) is 0 Å². The highest BCUT2D eigenvalue weighted by molar-refractivity contribution is 14.0. The standard InChI is InChI=1S/C16H28N4S.HI/c1-3-8-18-16(17-2)19-11-14-6-4-9-20(12-14)13-15-7-5-10-21-15;/h5,7,10,14H,3-4,6,8-9,11-13H2,1-2H3,(H2,17,18,19);1H. The minimum Gasteiger partial charge on any atom is -0.356 e. The van der Waals surface area contributed by atoms with Gasteiger partial charge in [-0.3, -0.25) is 9.89 Å². The number of likely N-dealkylation sites (tertiary alicyclic amines) is 1. The molecule has 0 aliphatic carbocycles. The Hall–Kier alpha value is -0.340. The van der Waals surface area contributed by atoms with Gasteiger partial charge in [0.2, 0.25) is 0 Å². The van der Waals surface area contributed by atoms with Crippen LogP contribution in [0.1, 0.15) is 31.1 Å². The molecule has 4 nitrogen and oxygen atoms in total. The van der Waals surface area contributed by atoms with Crippen LogP contribution in [0.25, 0.3) is 0 Å². The maximum atomic E-state index is 4.27. The van der Waals surface area contributed by atoms with E-state index in [1.54, 1.807) is 0 Å². The molecular formula is C16H29IN4S. The van der Waals surface area contributed by atoms with E-state index in [0.29, 0.717) is 0 Å². The maximum Gasteiger partial charge on any atom is 0.190 e. The largest absolute Gasteiger partial charge is 0.356 e. The van der Waals surface area contributed by atoms with Crippen LogP contribution in [0.5, 0.6) is 0 Å². The Kier molecular flexibility index (Phi) is 10.1. The lowest BCUT2D eigenvalue weighted by Gasteiger charge is -2.32. The van der Waals surface area contributed by atoms with Crippen LogP contribution >= 0.6 is 35.3 Å². The van der Waals surface area contributed by atoms with E-state index < -0.39 is 0 Å². The molecule has 1 atom stereocenters. The van der Waals surface area contributed by atoms with Crippen molar-refractivity contribution < 1.29 is 0 Å². The third-order valence-electron chi connectivity index (χ3n) is 3.89. The van der Waals surface area contributed by atoms with E-state index in [1.807, 2.05) is 18.4 Å². The lowest BCUT2D eigenvalue weighted by Crippen LogP contribution is -2.44. The smallest absolute Gasteiger partial charge is 0.190 e. The van der Waals surface area contributed by atoms with Crippen molar-refractivity contribution in [1.29, 1.82) is 0 Å². The summed E-state index contributed by atoms with van der Waals surface area (Å²) in [6, 6.07) is 4.38. The van der Waals surface area contributed by atoms with Crippen molar-refractivity contribution in [2.24, 2.45) is 10.9 Å². The van der Waals surface area contributed by atoms with Crippen molar-refractivity contribution in [2.75, 3.05) is 33.2 Å².